The van der Waals surface area contributed by atoms with Crippen LogP contribution in [-0.4, -0.2) is 67.8 Å². The fourth-order valence-electron chi connectivity index (χ4n) is 4.62. The number of aromatic nitrogens is 2. The number of piperazine rings is 1. The number of halogens is 3. The lowest BCUT2D eigenvalue weighted by molar-refractivity contribution is -0.130. The third-order valence-electron chi connectivity index (χ3n) is 6.44. The van der Waals surface area contributed by atoms with E-state index in [4.69, 9.17) is 0 Å². The van der Waals surface area contributed by atoms with Gasteiger partial charge in [-0.05, 0) is 23.6 Å². The van der Waals surface area contributed by atoms with E-state index < -0.39 is 27.7 Å². The molecule has 12 heteroatoms. The van der Waals surface area contributed by atoms with Gasteiger partial charge in [0, 0.05) is 37.3 Å². The Morgan fingerprint density at radius 3 is 2.38 bits per heavy atom. The molecule has 1 unspecified atom stereocenters. The summed E-state index contributed by atoms with van der Waals surface area (Å²) >= 11 is 1.02. The van der Waals surface area contributed by atoms with Gasteiger partial charge < -0.3 is 9.80 Å². The zero-order valence-electron chi connectivity index (χ0n) is 20.7. The number of sulfone groups is 1. The molecule has 2 aromatic heterocycles. The van der Waals surface area contributed by atoms with Gasteiger partial charge in [-0.15, -0.1) is 11.3 Å². The van der Waals surface area contributed by atoms with Gasteiger partial charge in [0.2, 0.25) is 5.91 Å². The van der Waals surface area contributed by atoms with Gasteiger partial charge in [-0.3, -0.25) is 4.79 Å². The lowest BCUT2D eigenvalue weighted by atomic mass is 10.0. The second-order valence-electron chi connectivity index (χ2n) is 9.31. The first-order valence-electron chi connectivity index (χ1n) is 12.0. The van der Waals surface area contributed by atoms with E-state index in [-0.39, 0.29) is 17.2 Å². The van der Waals surface area contributed by atoms with E-state index in [2.05, 4.69) is 9.97 Å². The number of nitrogens with zero attached hydrogens (tertiary/aromatic N) is 4. The van der Waals surface area contributed by atoms with Crippen LogP contribution in [0.3, 0.4) is 0 Å². The van der Waals surface area contributed by atoms with E-state index in [9.17, 15) is 26.4 Å². The third-order valence-corrected chi connectivity index (χ3v) is 9.03. The largest absolute Gasteiger partial charge is 0.393 e. The monoisotopic (exact) mass is 554 g/mol. The van der Waals surface area contributed by atoms with Crippen LogP contribution in [0, 0.1) is 0 Å². The van der Waals surface area contributed by atoms with Crippen LogP contribution in [0.25, 0.3) is 10.2 Å². The number of thiophene rings is 1. The zero-order valence-corrected chi connectivity index (χ0v) is 22.3. The van der Waals surface area contributed by atoms with E-state index in [1.54, 1.807) is 17.0 Å². The molecule has 0 bridgehead atoms. The first kappa shape index (κ1) is 27.3. The van der Waals surface area contributed by atoms with Gasteiger partial charge >= 0.3 is 6.18 Å². The molecule has 1 aliphatic heterocycles. The van der Waals surface area contributed by atoms with Crippen molar-refractivity contribution in [1.82, 2.24) is 14.9 Å². The quantitative estimate of drug-likeness (QED) is 0.406. The van der Waals surface area contributed by atoms with E-state index in [1.807, 2.05) is 24.0 Å². The molecule has 7 nitrogen and oxygen atoms in total. The second kappa shape index (κ2) is 10.9. The minimum Gasteiger partial charge on any atom is -0.352 e. The summed E-state index contributed by atoms with van der Waals surface area (Å²) in [5.74, 6) is 0.557. The minimum atomic E-state index is -4.29. The molecular weight excluding hydrogens is 525 g/mol. The Labute approximate surface area is 218 Å². The molecule has 0 spiro atoms. The van der Waals surface area contributed by atoms with Crippen molar-refractivity contribution < 1.29 is 26.4 Å². The van der Waals surface area contributed by atoms with Crippen molar-refractivity contribution in [3.63, 3.8) is 0 Å². The molecule has 0 aliphatic carbocycles. The van der Waals surface area contributed by atoms with Crippen molar-refractivity contribution in [2.75, 3.05) is 37.3 Å². The number of amides is 1. The van der Waals surface area contributed by atoms with Crippen LogP contribution in [-0.2, 0) is 27.5 Å². The highest BCUT2D eigenvalue weighted by atomic mass is 32.2. The van der Waals surface area contributed by atoms with Crippen molar-refractivity contribution in [3.05, 3.63) is 52.7 Å². The van der Waals surface area contributed by atoms with E-state index in [0.717, 1.165) is 28.9 Å². The first-order chi connectivity index (χ1) is 17.4. The summed E-state index contributed by atoms with van der Waals surface area (Å²) in [7, 11) is -3.22. The lowest BCUT2D eigenvalue weighted by Crippen LogP contribution is -2.49. The molecule has 200 valence electrons. The molecule has 4 rings (SSSR count). The van der Waals surface area contributed by atoms with Gasteiger partial charge in [0.25, 0.3) is 0 Å². The Bertz CT molecular complexity index is 1350. The van der Waals surface area contributed by atoms with Crippen LogP contribution < -0.4 is 4.90 Å². The summed E-state index contributed by atoms with van der Waals surface area (Å²) in [6, 6.07) is 8.71. The van der Waals surface area contributed by atoms with Crippen molar-refractivity contribution in [1.29, 1.82) is 0 Å². The molecule has 3 heterocycles. The maximum Gasteiger partial charge on any atom is 0.393 e. The van der Waals surface area contributed by atoms with Gasteiger partial charge in [-0.25, -0.2) is 18.4 Å². The Morgan fingerprint density at radius 1 is 1.11 bits per heavy atom. The normalized spacial score (nSPS) is 15.8. The van der Waals surface area contributed by atoms with Crippen molar-refractivity contribution in [3.8, 4) is 0 Å². The highest BCUT2D eigenvalue weighted by Gasteiger charge is 2.30. The number of rotatable bonds is 8. The fourth-order valence-corrected chi connectivity index (χ4v) is 6.96. The Kier molecular flexibility index (Phi) is 8.08. The predicted molar refractivity (Wildman–Crippen MR) is 139 cm³/mol. The number of hydrogen-bond donors (Lipinski definition) is 0. The van der Waals surface area contributed by atoms with Crippen LogP contribution in [0.1, 0.15) is 41.0 Å². The highest BCUT2D eigenvalue weighted by Crippen LogP contribution is 2.34. The standard InChI is InChI=1S/C25H29F3N4O3S2/c1-3-4-21(37(2,34)35)18-7-5-17(6-8-18)13-22(33)31-9-11-32(12-10-31)23-20-14-19(15-25(26,27)28)36-24(20)30-16-29-23/h5-8,14,16,21H,3-4,9-13,15H2,1-2H3. The molecule has 1 aliphatic rings. The minimum absolute atomic E-state index is 0.0311. The Morgan fingerprint density at radius 2 is 1.78 bits per heavy atom. The summed E-state index contributed by atoms with van der Waals surface area (Å²) in [5.41, 5.74) is 1.55. The van der Waals surface area contributed by atoms with Crippen molar-refractivity contribution >= 4 is 43.1 Å². The number of alkyl halides is 3. The van der Waals surface area contributed by atoms with Gasteiger partial charge in [-0.1, -0.05) is 37.6 Å². The summed E-state index contributed by atoms with van der Waals surface area (Å²) in [6.45, 7) is 3.90. The number of benzene rings is 1. The van der Waals surface area contributed by atoms with Crippen molar-refractivity contribution in [2.24, 2.45) is 0 Å². The van der Waals surface area contributed by atoms with Crippen LogP contribution in [0.15, 0.2) is 36.7 Å². The second-order valence-corrected chi connectivity index (χ2v) is 12.7. The Hall–Kier alpha value is -2.73. The SMILES string of the molecule is CCCC(c1ccc(CC(=O)N2CCN(c3ncnc4sc(CC(F)(F)F)cc34)CC2)cc1)S(C)(=O)=O. The van der Waals surface area contributed by atoms with Gasteiger partial charge in [-0.2, -0.15) is 13.2 Å². The predicted octanol–water partition coefficient (Wildman–Crippen LogP) is 4.57. The highest BCUT2D eigenvalue weighted by molar-refractivity contribution is 7.90. The third kappa shape index (κ3) is 6.78. The molecule has 1 fully saturated rings. The molecule has 3 aromatic rings. The van der Waals surface area contributed by atoms with Crippen molar-refractivity contribution in [2.45, 2.75) is 44.0 Å². The van der Waals surface area contributed by atoms with E-state index in [1.165, 1.54) is 18.6 Å². The van der Waals surface area contributed by atoms with Crippen LogP contribution >= 0.6 is 11.3 Å². The topological polar surface area (TPSA) is 83.5 Å². The zero-order chi connectivity index (χ0) is 26.8. The maximum atomic E-state index is 12.9. The molecule has 0 saturated carbocycles. The number of fused-ring (bicyclic) bond motifs is 1. The van der Waals surface area contributed by atoms with Gasteiger partial charge in [0.1, 0.15) is 17.0 Å². The maximum absolute atomic E-state index is 12.9. The van der Waals surface area contributed by atoms with Crippen LogP contribution in [0.5, 0.6) is 0 Å². The summed E-state index contributed by atoms with van der Waals surface area (Å²) < 4.78 is 62.8. The van der Waals surface area contributed by atoms with Crippen LogP contribution in [0.2, 0.25) is 0 Å². The molecule has 0 N–H and O–H groups in total. The first-order valence-corrected chi connectivity index (χ1v) is 14.8. The Balaban J connectivity index is 1.38. The smallest absolute Gasteiger partial charge is 0.352 e. The lowest BCUT2D eigenvalue weighted by Gasteiger charge is -2.35. The molecule has 1 amide bonds. The average Bonchev–Trinajstić information content (AvgIpc) is 3.23. The average molecular weight is 555 g/mol. The summed E-state index contributed by atoms with van der Waals surface area (Å²) in [5, 5.41) is 0.0541. The molecule has 1 saturated heterocycles. The molecular formula is C25H29F3N4O3S2. The van der Waals surface area contributed by atoms with Gasteiger partial charge in [0.05, 0.1) is 23.5 Å². The van der Waals surface area contributed by atoms with E-state index in [0.29, 0.717) is 48.6 Å². The number of hydrogen-bond acceptors (Lipinski definition) is 7. The number of carbonyl (C=O) groups excluding carboxylic acids is 1. The van der Waals surface area contributed by atoms with E-state index >= 15 is 0 Å². The number of anilines is 1. The van der Waals surface area contributed by atoms with Gasteiger partial charge in [0.15, 0.2) is 9.84 Å². The number of carbonyl (C=O) groups is 1. The fraction of sp³-hybridized carbons (Fsp3) is 0.480. The molecule has 1 atom stereocenters. The molecule has 37 heavy (non-hydrogen) atoms. The summed E-state index contributed by atoms with van der Waals surface area (Å²) in [4.78, 5) is 25.8. The van der Waals surface area contributed by atoms with Crippen LogP contribution in [0.4, 0.5) is 19.0 Å². The molecule has 1 aromatic carbocycles. The summed E-state index contributed by atoms with van der Waals surface area (Å²) in [6.07, 6.45) is -1.16. The molecule has 0 radical (unpaired) electrons.